The summed E-state index contributed by atoms with van der Waals surface area (Å²) in [6.07, 6.45) is 5.32. The molecule has 4 rings (SSSR count). The van der Waals surface area contributed by atoms with E-state index in [0.717, 1.165) is 23.5 Å². The average molecular weight is 645 g/mol. The quantitative estimate of drug-likeness (QED) is 0.177. The monoisotopic (exact) mass is 644 g/mol. The van der Waals surface area contributed by atoms with Gasteiger partial charge in [0.2, 0.25) is 11.8 Å². The number of thioether (sulfide) groups is 2. The van der Waals surface area contributed by atoms with Gasteiger partial charge in [0.15, 0.2) is 0 Å². The summed E-state index contributed by atoms with van der Waals surface area (Å²) in [5.41, 5.74) is 9.53. The topological polar surface area (TPSA) is 183 Å². The third-order valence-electron chi connectivity index (χ3n) is 5.51. The van der Waals surface area contributed by atoms with E-state index in [4.69, 9.17) is 24.4 Å². The molecule has 0 atom stereocenters. The third kappa shape index (κ3) is 7.52. The van der Waals surface area contributed by atoms with Crippen molar-refractivity contribution >= 4 is 92.0 Å². The van der Waals surface area contributed by atoms with Crippen LogP contribution in [0, 0.1) is 0 Å². The Morgan fingerprint density at radius 2 is 1.10 bits per heavy atom. The number of hydrogen-bond acceptors (Lipinski definition) is 12. The van der Waals surface area contributed by atoms with Crippen LogP contribution in [0.4, 0.5) is 0 Å². The lowest BCUT2D eigenvalue weighted by atomic mass is 10.3. The van der Waals surface area contributed by atoms with E-state index < -0.39 is 35.4 Å². The first-order chi connectivity index (χ1) is 20.2. The van der Waals surface area contributed by atoms with E-state index in [-0.39, 0.29) is 55.5 Å². The number of aromatic nitrogens is 2. The van der Waals surface area contributed by atoms with Crippen LogP contribution in [0.5, 0.6) is 0 Å². The van der Waals surface area contributed by atoms with Crippen molar-refractivity contribution in [2.24, 2.45) is 0 Å². The summed E-state index contributed by atoms with van der Waals surface area (Å²) in [6.45, 7) is -0.179. The maximum absolute atomic E-state index is 13.1. The molecular formula is C24H20N8O6S4. The highest BCUT2D eigenvalue weighted by Gasteiger charge is 2.42. The number of hydrogen-bond donors (Lipinski definition) is 4. The van der Waals surface area contributed by atoms with Gasteiger partial charge in [-0.1, -0.05) is 48.0 Å². The standard InChI is InChI=1S/C24H20N8O6S4/c33-15(27-29-19(35)13-3-1-7-25-11-13)5-9-31-21(37)17(41-23(31)39)18-22(38)32(24(40)42-18)10-6-16(34)28-30-20(36)14-4-2-8-26-12-14/h1-4,7-8,11-12H,5-6,9-10H2,(H,27,33)(H,28,34)(H,29,35)(H,30,36)/b18-17+. The maximum atomic E-state index is 13.1. The van der Waals surface area contributed by atoms with E-state index in [2.05, 4.69) is 31.7 Å². The molecule has 216 valence electrons. The Labute approximate surface area is 257 Å². The number of hydrazine groups is 2. The zero-order valence-corrected chi connectivity index (χ0v) is 24.6. The molecule has 2 aliphatic heterocycles. The minimum atomic E-state index is -0.567. The SMILES string of the molecule is O=C(CCN1C(=O)/C(=C2\SC(=S)N(CCC(=O)NNC(=O)c3cccnc3)C2=O)SC1=S)NNC(=O)c1cccnc1. The predicted octanol–water partition coefficient (Wildman–Crippen LogP) is 0.411. The summed E-state index contributed by atoms with van der Waals surface area (Å²) < 4.78 is 0.299. The molecule has 4 heterocycles. The molecule has 6 amide bonds. The van der Waals surface area contributed by atoms with E-state index >= 15 is 0 Å². The first kappa shape index (κ1) is 30.7. The van der Waals surface area contributed by atoms with Crippen LogP contribution in [0.15, 0.2) is 58.9 Å². The van der Waals surface area contributed by atoms with Gasteiger partial charge in [0.25, 0.3) is 23.6 Å². The van der Waals surface area contributed by atoms with Gasteiger partial charge in [0.05, 0.1) is 20.9 Å². The first-order valence-electron chi connectivity index (χ1n) is 12.0. The number of carbonyl (C=O) groups excluding carboxylic acids is 6. The van der Waals surface area contributed by atoms with Gasteiger partial charge >= 0.3 is 0 Å². The number of carbonyl (C=O) groups is 6. The van der Waals surface area contributed by atoms with Gasteiger partial charge in [-0.3, -0.25) is 70.2 Å². The second kappa shape index (κ2) is 14.1. The minimum absolute atomic E-state index is 0.0679. The maximum Gasteiger partial charge on any atom is 0.271 e. The molecule has 0 aliphatic carbocycles. The highest BCUT2D eigenvalue weighted by molar-refractivity contribution is 8.29. The van der Waals surface area contributed by atoms with Crippen LogP contribution in [0.3, 0.4) is 0 Å². The van der Waals surface area contributed by atoms with Crippen LogP contribution in [0.25, 0.3) is 0 Å². The van der Waals surface area contributed by atoms with Gasteiger partial charge in [0.1, 0.15) is 8.64 Å². The largest absolute Gasteiger partial charge is 0.292 e. The highest BCUT2D eigenvalue weighted by atomic mass is 32.2. The van der Waals surface area contributed by atoms with Crippen LogP contribution >= 0.6 is 48.0 Å². The van der Waals surface area contributed by atoms with Crippen molar-refractivity contribution in [1.82, 2.24) is 41.5 Å². The molecule has 2 saturated heterocycles. The molecule has 0 unspecified atom stereocenters. The Morgan fingerprint density at radius 3 is 1.45 bits per heavy atom. The fraction of sp³-hybridized carbons (Fsp3) is 0.167. The molecule has 18 heteroatoms. The number of nitrogens with one attached hydrogen (secondary N) is 4. The van der Waals surface area contributed by atoms with Crippen molar-refractivity contribution in [3.8, 4) is 0 Å². The third-order valence-corrected chi connectivity index (χ3v) is 8.53. The molecule has 2 fully saturated rings. The number of amides is 6. The average Bonchev–Trinajstić information content (AvgIpc) is 3.45. The second-order valence-corrected chi connectivity index (χ2v) is 11.6. The zero-order chi connectivity index (χ0) is 30.2. The smallest absolute Gasteiger partial charge is 0.271 e. The molecular weight excluding hydrogens is 625 g/mol. The molecule has 2 aliphatic rings. The number of thiocarbonyl (C=S) groups is 2. The van der Waals surface area contributed by atoms with Gasteiger partial charge in [-0.15, -0.1) is 0 Å². The Balaban J connectivity index is 1.27. The molecule has 0 aromatic carbocycles. The van der Waals surface area contributed by atoms with Crippen LogP contribution in [-0.2, 0) is 19.2 Å². The minimum Gasteiger partial charge on any atom is -0.292 e. The molecule has 0 bridgehead atoms. The first-order valence-corrected chi connectivity index (χ1v) is 14.4. The number of pyridine rings is 2. The normalized spacial score (nSPS) is 16.5. The van der Waals surface area contributed by atoms with Crippen LogP contribution in [0.1, 0.15) is 33.6 Å². The van der Waals surface area contributed by atoms with Crippen molar-refractivity contribution in [3.05, 3.63) is 70.0 Å². The Kier molecular flexibility index (Phi) is 10.3. The van der Waals surface area contributed by atoms with E-state index in [1.807, 2.05) is 0 Å². The molecule has 2 aromatic heterocycles. The molecule has 42 heavy (non-hydrogen) atoms. The summed E-state index contributed by atoms with van der Waals surface area (Å²) >= 11 is 12.4. The van der Waals surface area contributed by atoms with Gasteiger partial charge in [-0.2, -0.15) is 0 Å². The van der Waals surface area contributed by atoms with Gasteiger partial charge in [-0.05, 0) is 24.3 Å². The lowest BCUT2D eigenvalue weighted by Crippen LogP contribution is -2.43. The van der Waals surface area contributed by atoms with E-state index in [9.17, 15) is 28.8 Å². The lowest BCUT2D eigenvalue weighted by molar-refractivity contribution is -0.126. The van der Waals surface area contributed by atoms with Crippen LogP contribution in [-0.4, -0.2) is 76.9 Å². The van der Waals surface area contributed by atoms with Crippen LogP contribution in [0.2, 0.25) is 0 Å². The van der Waals surface area contributed by atoms with Crippen molar-refractivity contribution < 1.29 is 28.8 Å². The van der Waals surface area contributed by atoms with Gasteiger partial charge < -0.3 is 0 Å². The van der Waals surface area contributed by atoms with Crippen molar-refractivity contribution in [3.63, 3.8) is 0 Å². The summed E-state index contributed by atoms with van der Waals surface area (Å²) in [6, 6.07) is 6.20. The van der Waals surface area contributed by atoms with E-state index in [0.29, 0.717) is 0 Å². The number of rotatable bonds is 8. The zero-order valence-electron chi connectivity index (χ0n) is 21.3. The fourth-order valence-corrected chi connectivity index (χ4v) is 6.17. The Hall–Kier alpha value is -4.26. The second-order valence-electron chi connectivity index (χ2n) is 8.30. The Morgan fingerprint density at radius 1 is 0.690 bits per heavy atom. The van der Waals surface area contributed by atoms with E-state index in [1.54, 1.807) is 12.1 Å². The van der Waals surface area contributed by atoms with E-state index in [1.165, 1.54) is 46.7 Å². The molecule has 0 saturated carbocycles. The molecule has 0 radical (unpaired) electrons. The molecule has 4 N–H and O–H groups in total. The summed E-state index contributed by atoms with van der Waals surface area (Å²) in [5, 5.41) is 0. The molecule has 14 nitrogen and oxygen atoms in total. The summed E-state index contributed by atoms with van der Waals surface area (Å²) in [7, 11) is 0. The van der Waals surface area contributed by atoms with Crippen molar-refractivity contribution in [2.75, 3.05) is 13.1 Å². The lowest BCUT2D eigenvalue weighted by Gasteiger charge is -2.15. The highest BCUT2D eigenvalue weighted by Crippen LogP contribution is 2.42. The van der Waals surface area contributed by atoms with Crippen molar-refractivity contribution in [2.45, 2.75) is 12.8 Å². The summed E-state index contributed by atoms with van der Waals surface area (Å²) in [5.74, 6) is -3.38. The Bertz CT molecular complexity index is 1390. The predicted molar refractivity (Wildman–Crippen MR) is 160 cm³/mol. The van der Waals surface area contributed by atoms with Gasteiger partial charge in [0, 0.05) is 50.7 Å². The fourth-order valence-electron chi connectivity index (χ4n) is 3.40. The van der Waals surface area contributed by atoms with Crippen LogP contribution < -0.4 is 21.7 Å². The number of nitrogens with zero attached hydrogens (tertiary/aromatic N) is 4. The van der Waals surface area contributed by atoms with Crippen molar-refractivity contribution in [1.29, 1.82) is 0 Å². The summed E-state index contributed by atoms with van der Waals surface area (Å²) in [4.78, 5) is 84.8. The molecule has 2 aromatic rings. The molecule has 0 spiro atoms. The van der Waals surface area contributed by atoms with Gasteiger partial charge in [-0.25, -0.2) is 0 Å².